The lowest BCUT2D eigenvalue weighted by Crippen LogP contribution is -2.19. The first kappa shape index (κ1) is 16.9. The number of aryl methyl sites for hydroxylation is 1. The number of carbonyl (C=O) groups excluding carboxylic acids is 1. The van der Waals surface area contributed by atoms with Crippen LogP contribution in [0.15, 0.2) is 36.4 Å². The van der Waals surface area contributed by atoms with Gasteiger partial charge in [0.2, 0.25) is 0 Å². The number of hydrogen-bond donors (Lipinski definition) is 0. The summed E-state index contributed by atoms with van der Waals surface area (Å²) in [6.45, 7) is 5.16. The van der Waals surface area contributed by atoms with E-state index in [1.165, 1.54) is 17.7 Å². The van der Waals surface area contributed by atoms with Gasteiger partial charge in [-0.3, -0.25) is 9.69 Å². The van der Waals surface area contributed by atoms with Crippen molar-refractivity contribution in [1.29, 1.82) is 0 Å². The summed E-state index contributed by atoms with van der Waals surface area (Å²) in [5.41, 5.74) is 1.81. The predicted octanol–water partition coefficient (Wildman–Crippen LogP) is 4.56. The highest BCUT2D eigenvalue weighted by Crippen LogP contribution is 2.24. The van der Waals surface area contributed by atoms with Crippen molar-refractivity contribution < 1.29 is 9.53 Å². The molecule has 1 saturated heterocycles. The number of hydrogen-bond acceptors (Lipinski definition) is 4. The Balaban J connectivity index is 1.76. The number of methoxy groups -OCH3 is 1. The average molecular weight is 341 g/mol. The molecule has 1 aliphatic heterocycles. The number of nitrogens with zero attached hydrogens (tertiary/aromatic N) is 1. The highest BCUT2D eigenvalue weighted by Gasteiger charge is 2.15. The van der Waals surface area contributed by atoms with E-state index >= 15 is 0 Å². The molecular weight excluding hydrogens is 318 g/mol. The van der Waals surface area contributed by atoms with Crippen molar-refractivity contribution >= 4 is 23.2 Å². The monoisotopic (exact) mass is 341 g/mol. The predicted molar refractivity (Wildman–Crippen MR) is 99.9 cm³/mol. The maximum Gasteiger partial charge on any atom is 0.185 e. The summed E-state index contributed by atoms with van der Waals surface area (Å²) in [5, 5.41) is 0. The van der Waals surface area contributed by atoms with Gasteiger partial charge >= 0.3 is 0 Å². The first-order valence-corrected chi connectivity index (χ1v) is 9.15. The zero-order valence-corrected chi connectivity index (χ0v) is 15.1. The van der Waals surface area contributed by atoms with Crippen molar-refractivity contribution in [3.63, 3.8) is 0 Å². The van der Waals surface area contributed by atoms with Gasteiger partial charge in [0.1, 0.15) is 5.75 Å². The van der Waals surface area contributed by atoms with Gasteiger partial charge in [-0.05, 0) is 75.3 Å². The normalized spacial score (nSPS) is 15.2. The molecule has 2 aromatic rings. The van der Waals surface area contributed by atoms with Crippen molar-refractivity contribution in [3.8, 4) is 5.75 Å². The van der Waals surface area contributed by atoms with E-state index in [2.05, 4.69) is 17.9 Å². The zero-order chi connectivity index (χ0) is 16.9. The molecule has 0 bridgehead atoms. The minimum atomic E-state index is 0.0337. The number of carbonyl (C=O) groups is 1. The highest BCUT2D eigenvalue weighted by molar-refractivity contribution is 7.12. The maximum absolute atomic E-state index is 12.5. The molecule has 1 fully saturated rings. The summed E-state index contributed by atoms with van der Waals surface area (Å²) in [6.07, 6.45) is 6.06. The lowest BCUT2D eigenvalue weighted by atomic mass is 10.1. The smallest absolute Gasteiger partial charge is 0.185 e. The van der Waals surface area contributed by atoms with Gasteiger partial charge in [-0.2, -0.15) is 0 Å². The molecular formula is C20H23NO2S. The van der Waals surface area contributed by atoms with Crippen LogP contribution in [-0.2, 0) is 6.54 Å². The van der Waals surface area contributed by atoms with E-state index in [-0.39, 0.29) is 5.78 Å². The Bertz CT molecular complexity index is 742. The fraction of sp³-hybridized carbons (Fsp3) is 0.350. The van der Waals surface area contributed by atoms with Crippen molar-refractivity contribution in [2.24, 2.45) is 0 Å². The minimum absolute atomic E-state index is 0.0337. The van der Waals surface area contributed by atoms with Gasteiger partial charge in [-0.1, -0.05) is 0 Å². The number of ketones is 1. The van der Waals surface area contributed by atoms with Crippen LogP contribution in [0.1, 0.15) is 38.5 Å². The summed E-state index contributed by atoms with van der Waals surface area (Å²) >= 11 is 1.69. The Morgan fingerprint density at radius 1 is 1.25 bits per heavy atom. The van der Waals surface area contributed by atoms with E-state index in [0.29, 0.717) is 0 Å². The quantitative estimate of drug-likeness (QED) is 0.570. The summed E-state index contributed by atoms with van der Waals surface area (Å²) < 4.78 is 5.47. The van der Waals surface area contributed by atoms with E-state index < -0.39 is 0 Å². The Labute approximate surface area is 147 Å². The fourth-order valence-corrected chi connectivity index (χ4v) is 3.81. The Morgan fingerprint density at radius 3 is 2.71 bits per heavy atom. The van der Waals surface area contributed by atoms with Crippen molar-refractivity contribution in [1.82, 2.24) is 4.90 Å². The molecule has 0 saturated carbocycles. The van der Waals surface area contributed by atoms with E-state index in [0.717, 1.165) is 41.4 Å². The molecule has 0 spiro atoms. The molecule has 0 unspecified atom stereocenters. The van der Waals surface area contributed by atoms with E-state index in [1.807, 2.05) is 30.3 Å². The van der Waals surface area contributed by atoms with Gasteiger partial charge in [-0.15, -0.1) is 11.3 Å². The summed E-state index contributed by atoms with van der Waals surface area (Å²) in [6, 6.07) is 9.83. The van der Waals surface area contributed by atoms with Gasteiger partial charge < -0.3 is 4.74 Å². The van der Waals surface area contributed by atoms with Crippen LogP contribution in [0.3, 0.4) is 0 Å². The highest BCUT2D eigenvalue weighted by atomic mass is 32.1. The lowest BCUT2D eigenvalue weighted by molar-refractivity contribution is 0.104. The van der Waals surface area contributed by atoms with Gasteiger partial charge in [-0.25, -0.2) is 0 Å². The van der Waals surface area contributed by atoms with Crippen LogP contribution in [0.25, 0.3) is 6.08 Å². The van der Waals surface area contributed by atoms with Crippen LogP contribution < -0.4 is 4.74 Å². The molecule has 1 aromatic carbocycles. The number of ether oxygens (including phenoxy) is 1. The third kappa shape index (κ3) is 4.13. The van der Waals surface area contributed by atoms with Crippen LogP contribution in [0.4, 0.5) is 0 Å². The Hall–Kier alpha value is -1.91. The molecule has 0 amide bonds. The van der Waals surface area contributed by atoms with Crippen molar-refractivity contribution in [2.45, 2.75) is 26.3 Å². The molecule has 126 valence electrons. The lowest BCUT2D eigenvalue weighted by Gasteiger charge is -2.17. The third-order valence-corrected chi connectivity index (χ3v) is 5.28. The number of likely N-dealkylation sites (tertiary alicyclic amines) is 1. The van der Waals surface area contributed by atoms with Gasteiger partial charge in [0.25, 0.3) is 0 Å². The second-order valence-electron chi connectivity index (χ2n) is 6.16. The molecule has 2 heterocycles. The summed E-state index contributed by atoms with van der Waals surface area (Å²) in [5.74, 6) is 0.891. The summed E-state index contributed by atoms with van der Waals surface area (Å²) in [4.78, 5) is 17.2. The Kier molecular flexibility index (Phi) is 5.48. The first-order chi connectivity index (χ1) is 11.7. The van der Waals surface area contributed by atoms with Crippen molar-refractivity contribution in [3.05, 3.63) is 57.3 Å². The number of allylic oxidation sites excluding steroid dienone is 1. The topological polar surface area (TPSA) is 29.5 Å². The molecule has 0 radical (unpaired) electrons. The molecule has 4 heteroatoms. The molecule has 24 heavy (non-hydrogen) atoms. The second kappa shape index (κ2) is 7.77. The van der Waals surface area contributed by atoms with Gasteiger partial charge in [0.15, 0.2) is 5.78 Å². The van der Waals surface area contributed by atoms with Crippen LogP contribution in [-0.4, -0.2) is 30.9 Å². The van der Waals surface area contributed by atoms with Crippen LogP contribution in [0.5, 0.6) is 5.75 Å². The summed E-state index contributed by atoms with van der Waals surface area (Å²) in [7, 11) is 1.68. The van der Waals surface area contributed by atoms with E-state index in [4.69, 9.17) is 4.74 Å². The second-order valence-corrected chi connectivity index (χ2v) is 7.48. The van der Waals surface area contributed by atoms with Gasteiger partial charge in [0, 0.05) is 27.4 Å². The molecule has 3 rings (SSSR count). The third-order valence-electron chi connectivity index (χ3n) is 4.32. The van der Waals surface area contributed by atoms with E-state index in [9.17, 15) is 4.79 Å². The molecule has 0 aliphatic carbocycles. The SMILES string of the molecule is COc1ccc(C(=O)/C=C/c2ccc(C)s2)cc1CN1CCCC1. The molecule has 0 atom stereocenters. The number of thiophene rings is 1. The fourth-order valence-electron chi connectivity index (χ4n) is 3.03. The first-order valence-electron chi connectivity index (χ1n) is 8.34. The standard InChI is InChI=1S/C20H23NO2S/c1-15-5-7-18(24-15)8-9-19(22)16-6-10-20(23-2)17(13-16)14-21-11-3-4-12-21/h5-10,13H,3-4,11-12,14H2,1-2H3/b9-8+. The van der Waals surface area contributed by atoms with Crippen LogP contribution in [0, 0.1) is 6.92 Å². The largest absolute Gasteiger partial charge is 0.496 e. The van der Waals surface area contributed by atoms with Crippen molar-refractivity contribution in [2.75, 3.05) is 20.2 Å². The molecule has 0 N–H and O–H groups in total. The van der Waals surface area contributed by atoms with E-state index in [1.54, 1.807) is 24.5 Å². The van der Waals surface area contributed by atoms with Crippen LogP contribution in [0.2, 0.25) is 0 Å². The zero-order valence-electron chi connectivity index (χ0n) is 14.2. The minimum Gasteiger partial charge on any atom is -0.496 e. The maximum atomic E-state index is 12.5. The van der Waals surface area contributed by atoms with Crippen LogP contribution >= 0.6 is 11.3 Å². The molecule has 3 nitrogen and oxygen atoms in total. The number of rotatable bonds is 6. The molecule has 1 aliphatic rings. The Morgan fingerprint density at radius 2 is 2.04 bits per heavy atom. The average Bonchev–Trinajstić information content (AvgIpc) is 3.24. The number of benzene rings is 1. The van der Waals surface area contributed by atoms with Gasteiger partial charge in [0.05, 0.1) is 7.11 Å². The molecule has 1 aromatic heterocycles.